The van der Waals surface area contributed by atoms with E-state index in [0.717, 1.165) is 3.26 Å². The van der Waals surface area contributed by atoms with E-state index >= 15 is 0 Å². The normalized spacial score (nSPS) is 13.2. The Morgan fingerprint density at radius 2 is 2.17 bits per heavy atom. The topological polar surface area (TPSA) is 90.6 Å². The molecular weight excluding hydrogens is 534 g/mol. The monoisotopic (exact) mass is 554 g/mol. The molecular formula is C19H21Cl2InN4O4. The van der Waals surface area contributed by atoms with Crippen molar-refractivity contribution in [2.75, 3.05) is 13.2 Å². The third-order valence-electron chi connectivity index (χ3n) is 4.02. The number of nitrogens with zero attached hydrogens (tertiary/aromatic N) is 4. The second-order valence-corrected chi connectivity index (χ2v) is 11.8. The summed E-state index contributed by atoms with van der Waals surface area (Å²) in [5.41, 5.74) is 0.614. The fraction of sp³-hybridized carbons (Fsp3) is 0.421. The molecule has 1 aliphatic heterocycles. The predicted molar refractivity (Wildman–Crippen MR) is 115 cm³/mol. The van der Waals surface area contributed by atoms with Gasteiger partial charge in [-0.25, -0.2) is 0 Å². The average Bonchev–Trinajstić information content (AvgIpc) is 3.31. The van der Waals surface area contributed by atoms with Crippen molar-refractivity contribution in [3.05, 3.63) is 34.3 Å². The molecule has 0 spiro atoms. The Morgan fingerprint density at radius 3 is 2.87 bits per heavy atom. The van der Waals surface area contributed by atoms with Crippen LogP contribution in [0.5, 0.6) is 5.88 Å². The maximum absolute atomic E-state index is 11.5. The first-order valence-electron chi connectivity index (χ1n) is 9.55. The zero-order chi connectivity index (χ0) is 21.7. The van der Waals surface area contributed by atoms with E-state index in [-0.39, 0.29) is 12.1 Å². The van der Waals surface area contributed by atoms with E-state index in [1.54, 1.807) is 19.2 Å². The van der Waals surface area contributed by atoms with Crippen molar-refractivity contribution >= 4 is 55.1 Å². The van der Waals surface area contributed by atoms with Crippen molar-refractivity contribution < 1.29 is 18.8 Å². The third-order valence-corrected chi connectivity index (χ3v) is 9.51. The first-order valence-corrected chi connectivity index (χ1v) is 13.4. The quantitative estimate of drug-likeness (QED) is 0.344. The Bertz CT molecular complexity index is 977. The molecule has 2 aromatic heterocycles. The molecule has 0 unspecified atom stereocenters. The Morgan fingerprint density at radius 1 is 1.37 bits per heavy atom. The van der Waals surface area contributed by atoms with E-state index in [0.29, 0.717) is 59.3 Å². The summed E-state index contributed by atoms with van der Waals surface area (Å²) in [4.78, 5) is 20.2. The summed E-state index contributed by atoms with van der Waals surface area (Å²) in [7, 11) is 0. The molecule has 0 atom stereocenters. The zero-order valence-corrected chi connectivity index (χ0v) is 21.7. The van der Waals surface area contributed by atoms with Crippen LogP contribution in [-0.2, 0) is 9.53 Å². The van der Waals surface area contributed by atoms with Crippen LogP contribution in [0, 0.1) is 0 Å². The van der Waals surface area contributed by atoms with Crippen molar-refractivity contribution in [1.82, 2.24) is 18.0 Å². The molecule has 0 radical (unpaired) electrons. The van der Waals surface area contributed by atoms with Crippen LogP contribution in [0.3, 0.4) is 0 Å². The summed E-state index contributed by atoms with van der Waals surface area (Å²) < 4.78 is 19.1. The van der Waals surface area contributed by atoms with Crippen molar-refractivity contribution in [2.24, 2.45) is 0 Å². The van der Waals surface area contributed by atoms with Crippen molar-refractivity contribution in [1.29, 1.82) is 0 Å². The van der Waals surface area contributed by atoms with Gasteiger partial charge in [0.05, 0.1) is 0 Å². The molecule has 11 heteroatoms. The number of ether oxygens (including phenoxy) is 2. The molecule has 0 aromatic carbocycles. The van der Waals surface area contributed by atoms with Gasteiger partial charge in [-0.2, -0.15) is 0 Å². The second kappa shape index (κ2) is 10.6. The van der Waals surface area contributed by atoms with Gasteiger partial charge >= 0.3 is 196 Å². The van der Waals surface area contributed by atoms with Crippen molar-refractivity contribution in [2.45, 2.75) is 39.7 Å². The Labute approximate surface area is 195 Å². The standard InChI is InChI=1S/C19H21Cl2N4O4.In/c1-4-27-17(26)6-5-9-22-15(21)7-8-16-24-18(29-25-16)13-10-14(20)19(23-11-13)28-12(2)3;/h7,10-12H,4-6,9H2,1-3H3;/q-1;+1. The number of esters is 1. The maximum atomic E-state index is 11.5. The Kier molecular flexibility index (Phi) is 8.19. The van der Waals surface area contributed by atoms with E-state index in [1.807, 2.05) is 19.9 Å². The number of halogens is 2. The van der Waals surface area contributed by atoms with Crippen LogP contribution in [0.1, 0.15) is 39.4 Å². The van der Waals surface area contributed by atoms with Crippen molar-refractivity contribution in [3.63, 3.8) is 0 Å². The molecule has 0 fully saturated rings. The number of pyridine rings is 1. The zero-order valence-electron chi connectivity index (χ0n) is 16.9. The van der Waals surface area contributed by atoms with Crippen LogP contribution in [-0.4, -0.2) is 69.2 Å². The summed E-state index contributed by atoms with van der Waals surface area (Å²) in [6, 6.07) is 1.69. The fourth-order valence-electron chi connectivity index (χ4n) is 2.71. The molecule has 8 nitrogen and oxygen atoms in total. The molecule has 158 valence electrons. The van der Waals surface area contributed by atoms with E-state index < -0.39 is 22.7 Å². The number of hydrogen-bond donors (Lipinski definition) is 0. The van der Waals surface area contributed by atoms with Crippen molar-refractivity contribution in [3.8, 4) is 17.3 Å². The molecule has 2 aromatic rings. The molecule has 0 aliphatic carbocycles. The van der Waals surface area contributed by atoms with Crippen LogP contribution in [0.25, 0.3) is 11.5 Å². The number of carbonyl (C=O) groups is 1. The first-order chi connectivity index (χ1) is 14.4. The molecule has 3 rings (SSSR count). The van der Waals surface area contributed by atoms with Gasteiger partial charge in [-0.3, -0.25) is 0 Å². The van der Waals surface area contributed by atoms with Gasteiger partial charge < -0.3 is 0 Å². The van der Waals surface area contributed by atoms with Gasteiger partial charge in [0.1, 0.15) is 0 Å². The SMILES string of the molecule is CCOC(=O)CCC[N]1[In]=[C](c2noc(-c3cnc(OC(C)C)c(Cl)c3)n2)C=C1Cl. The van der Waals surface area contributed by atoms with Gasteiger partial charge in [-0.15, -0.1) is 0 Å². The summed E-state index contributed by atoms with van der Waals surface area (Å²) >= 11 is 11.2. The summed E-state index contributed by atoms with van der Waals surface area (Å²) in [5.74, 6) is 1.03. The molecule has 0 N–H and O–H groups in total. The second-order valence-electron chi connectivity index (χ2n) is 6.75. The van der Waals surface area contributed by atoms with Gasteiger partial charge in [0.25, 0.3) is 0 Å². The minimum absolute atomic E-state index is 0.0295. The molecule has 3 heterocycles. The van der Waals surface area contributed by atoms with Crippen LogP contribution in [0.2, 0.25) is 5.02 Å². The number of allylic oxidation sites excluding steroid dienone is 1. The van der Waals surface area contributed by atoms with E-state index in [4.69, 9.17) is 37.2 Å². The minimum atomic E-state index is -1.42. The Hall–Kier alpha value is -1.58. The van der Waals surface area contributed by atoms with Gasteiger partial charge in [-0.05, 0) is 0 Å². The number of aromatic nitrogens is 3. The Balaban J connectivity index is 1.67. The van der Waals surface area contributed by atoms with E-state index in [2.05, 4.69) is 18.0 Å². The number of hydrogen-bond acceptors (Lipinski definition) is 8. The number of carbonyl (C=O) groups excluding carboxylic acids is 1. The van der Waals surface area contributed by atoms with Crippen LogP contribution < -0.4 is 4.74 Å². The molecule has 0 saturated heterocycles. The molecule has 30 heavy (non-hydrogen) atoms. The van der Waals surface area contributed by atoms with Gasteiger partial charge in [0.15, 0.2) is 0 Å². The molecule has 1 aliphatic rings. The van der Waals surface area contributed by atoms with E-state index in [9.17, 15) is 4.79 Å². The van der Waals surface area contributed by atoms with Gasteiger partial charge in [-0.1, -0.05) is 0 Å². The molecule has 0 bridgehead atoms. The third kappa shape index (κ3) is 5.98. The van der Waals surface area contributed by atoms with Crippen LogP contribution in [0.15, 0.2) is 28.0 Å². The fourth-order valence-corrected chi connectivity index (χ4v) is 7.49. The van der Waals surface area contributed by atoms with Gasteiger partial charge in [0.2, 0.25) is 0 Å². The van der Waals surface area contributed by atoms with Crippen LogP contribution >= 0.6 is 23.2 Å². The summed E-state index contributed by atoms with van der Waals surface area (Å²) in [5, 5.41) is 5.13. The van der Waals surface area contributed by atoms with E-state index in [1.165, 1.54) is 0 Å². The summed E-state index contributed by atoms with van der Waals surface area (Å²) in [6.45, 7) is 6.71. The van der Waals surface area contributed by atoms with Gasteiger partial charge in [0, 0.05) is 0 Å². The first kappa shape index (κ1) is 23.1. The molecule has 0 amide bonds. The predicted octanol–water partition coefficient (Wildman–Crippen LogP) is 3.45. The molecule has 0 saturated carbocycles. The number of rotatable bonds is 9. The summed E-state index contributed by atoms with van der Waals surface area (Å²) in [6.07, 6.45) is 4.51. The average molecular weight is 555 g/mol. The van der Waals surface area contributed by atoms with Crippen LogP contribution in [0.4, 0.5) is 0 Å².